The molecule has 0 heterocycles. The summed E-state index contributed by atoms with van der Waals surface area (Å²) >= 11 is 0. The van der Waals surface area contributed by atoms with Crippen LogP contribution in [0.2, 0.25) is 0 Å². The van der Waals surface area contributed by atoms with E-state index in [1.54, 1.807) is 30.0 Å². The summed E-state index contributed by atoms with van der Waals surface area (Å²) in [4.78, 5) is 28.3. The largest absolute Gasteiger partial charge is 0.329 e. The monoisotopic (exact) mass is 515 g/mol. The topological polar surface area (TPSA) is 95.6 Å². The van der Waals surface area contributed by atoms with Gasteiger partial charge in [-0.1, -0.05) is 78.9 Å². The van der Waals surface area contributed by atoms with Crippen molar-refractivity contribution in [2.24, 2.45) is 0 Å². The Morgan fingerprint density at radius 2 is 1.49 bits per heavy atom. The molecule has 0 aliphatic heterocycles. The minimum absolute atomic E-state index is 0.00225. The minimum Gasteiger partial charge on any atom is -0.325 e. The molecule has 4 aromatic carbocycles. The van der Waals surface area contributed by atoms with Gasteiger partial charge in [-0.2, -0.15) is 0 Å². The molecule has 3 amide bonds. The lowest BCUT2D eigenvalue weighted by Gasteiger charge is -2.27. The highest BCUT2D eigenvalue weighted by atomic mass is 32.2. The molecule has 4 aromatic rings. The van der Waals surface area contributed by atoms with Crippen LogP contribution in [0.25, 0.3) is 10.8 Å². The first-order valence-electron chi connectivity index (χ1n) is 12.0. The normalized spacial score (nSPS) is 12.1. The van der Waals surface area contributed by atoms with Gasteiger partial charge in [-0.05, 0) is 53.9 Å². The second-order valence-electron chi connectivity index (χ2n) is 8.70. The average molecular weight is 516 g/mol. The standard InChI is InChI=1S/C29H29N3O4S/c1-3-32(25-18-17-23-14-8-9-15-24(23)20-25)28(33)26(19-22-12-5-4-6-13-22)30-29(34)31-37(35,36)27-16-10-7-11-21(27)2/h4-18,20,26H,3,19H2,1-2H3,(H2,30,31,34)/t26-/m0/s1. The number of fused-ring (bicyclic) bond motifs is 1. The van der Waals surface area contributed by atoms with Crippen LogP contribution in [-0.4, -0.2) is 32.9 Å². The molecule has 0 unspecified atom stereocenters. The van der Waals surface area contributed by atoms with Crippen LogP contribution in [0.1, 0.15) is 18.1 Å². The van der Waals surface area contributed by atoms with Crippen molar-refractivity contribution in [3.8, 4) is 0 Å². The van der Waals surface area contributed by atoms with Gasteiger partial charge in [-0.15, -0.1) is 0 Å². The van der Waals surface area contributed by atoms with Gasteiger partial charge in [-0.3, -0.25) is 4.79 Å². The predicted octanol–water partition coefficient (Wildman–Crippen LogP) is 4.80. The third-order valence-corrected chi connectivity index (χ3v) is 7.61. The number of aryl methyl sites for hydroxylation is 1. The van der Waals surface area contributed by atoms with Crippen molar-refractivity contribution in [1.29, 1.82) is 0 Å². The first kappa shape index (κ1) is 25.9. The number of carbonyl (C=O) groups is 2. The number of anilines is 1. The fourth-order valence-electron chi connectivity index (χ4n) is 4.27. The Labute approximate surface area is 217 Å². The van der Waals surface area contributed by atoms with Gasteiger partial charge in [0.25, 0.3) is 10.0 Å². The molecule has 0 aliphatic rings. The van der Waals surface area contributed by atoms with Crippen LogP contribution in [0.3, 0.4) is 0 Å². The number of hydrogen-bond acceptors (Lipinski definition) is 4. The predicted molar refractivity (Wildman–Crippen MR) is 146 cm³/mol. The van der Waals surface area contributed by atoms with Gasteiger partial charge >= 0.3 is 6.03 Å². The lowest BCUT2D eigenvalue weighted by atomic mass is 10.0. The number of hydrogen-bond donors (Lipinski definition) is 2. The highest BCUT2D eigenvalue weighted by molar-refractivity contribution is 7.90. The Kier molecular flexibility index (Phi) is 7.89. The van der Waals surface area contributed by atoms with E-state index in [1.807, 2.05) is 79.7 Å². The van der Waals surface area contributed by atoms with Crippen LogP contribution in [0.4, 0.5) is 10.5 Å². The van der Waals surface area contributed by atoms with E-state index in [-0.39, 0.29) is 17.2 Å². The second-order valence-corrected chi connectivity index (χ2v) is 10.4. The SMILES string of the molecule is CCN(C(=O)[C@H](Cc1ccccc1)NC(=O)NS(=O)(=O)c1ccccc1C)c1ccc2ccccc2c1. The summed E-state index contributed by atoms with van der Waals surface area (Å²) in [5.74, 6) is -0.343. The number of sulfonamides is 1. The van der Waals surface area contributed by atoms with Crippen LogP contribution in [0.15, 0.2) is 102 Å². The number of nitrogens with one attached hydrogen (secondary N) is 2. The molecule has 37 heavy (non-hydrogen) atoms. The number of nitrogens with zero attached hydrogens (tertiary/aromatic N) is 1. The Morgan fingerprint density at radius 1 is 0.838 bits per heavy atom. The van der Waals surface area contributed by atoms with Crippen LogP contribution in [0, 0.1) is 6.92 Å². The number of benzene rings is 4. The molecule has 190 valence electrons. The van der Waals surface area contributed by atoms with E-state index in [0.717, 1.165) is 16.3 Å². The number of likely N-dealkylation sites (N-methyl/N-ethyl adjacent to an activating group) is 1. The number of carbonyl (C=O) groups excluding carboxylic acids is 2. The summed E-state index contributed by atoms with van der Waals surface area (Å²) in [7, 11) is -4.12. The highest BCUT2D eigenvalue weighted by Gasteiger charge is 2.28. The van der Waals surface area contributed by atoms with E-state index in [2.05, 4.69) is 10.0 Å². The summed E-state index contributed by atoms with van der Waals surface area (Å²) < 4.78 is 27.7. The molecule has 0 fully saturated rings. The first-order chi connectivity index (χ1) is 17.8. The van der Waals surface area contributed by atoms with Gasteiger partial charge in [0.1, 0.15) is 6.04 Å². The summed E-state index contributed by atoms with van der Waals surface area (Å²) in [6.07, 6.45) is 0.196. The average Bonchev–Trinajstić information content (AvgIpc) is 2.89. The molecule has 2 N–H and O–H groups in total. The van der Waals surface area contributed by atoms with E-state index >= 15 is 0 Å². The molecule has 0 saturated heterocycles. The van der Waals surface area contributed by atoms with Crippen molar-refractivity contribution in [3.63, 3.8) is 0 Å². The van der Waals surface area contributed by atoms with Gasteiger partial charge in [0.2, 0.25) is 5.91 Å². The Bertz CT molecular complexity index is 1520. The molecule has 0 spiro atoms. The van der Waals surface area contributed by atoms with Gasteiger partial charge in [0.05, 0.1) is 4.90 Å². The molecule has 0 radical (unpaired) electrons. The summed E-state index contributed by atoms with van der Waals surface area (Å²) in [6, 6.07) is 27.3. The van der Waals surface area contributed by atoms with Crippen molar-refractivity contribution >= 4 is 38.4 Å². The quantitative estimate of drug-likeness (QED) is 0.352. The van der Waals surface area contributed by atoms with Crippen LogP contribution >= 0.6 is 0 Å². The van der Waals surface area contributed by atoms with E-state index in [9.17, 15) is 18.0 Å². The maximum absolute atomic E-state index is 13.8. The number of rotatable bonds is 8. The third-order valence-electron chi connectivity index (χ3n) is 6.12. The molecular weight excluding hydrogens is 486 g/mol. The van der Waals surface area contributed by atoms with E-state index in [4.69, 9.17) is 0 Å². The Morgan fingerprint density at radius 3 is 2.19 bits per heavy atom. The molecule has 0 aromatic heterocycles. The molecular formula is C29H29N3O4S. The first-order valence-corrected chi connectivity index (χ1v) is 13.5. The fraction of sp³-hybridized carbons (Fsp3) is 0.172. The lowest BCUT2D eigenvalue weighted by molar-refractivity contribution is -0.120. The zero-order valence-corrected chi connectivity index (χ0v) is 21.5. The van der Waals surface area contributed by atoms with Crippen molar-refractivity contribution in [3.05, 3.63) is 108 Å². The smallest absolute Gasteiger partial charge is 0.325 e. The molecule has 0 bridgehead atoms. The summed E-state index contributed by atoms with van der Waals surface area (Å²) in [5.41, 5.74) is 2.03. The Balaban J connectivity index is 1.60. The second kappa shape index (κ2) is 11.3. The van der Waals surface area contributed by atoms with E-state index < -0.39 is 22.1 Å². The lowest BCUT2D eigenvalue weighted by Crippen LogP contribution is -2.53. The summed E-state index contributed by atoms with van der Waals surface area (Å²) in [6.45, 7) is 3.87. The van der Waals surface area contributed by atoms with Crippen molar-refractivity contribution in [2.45, 2.75) is 31.2 Å². The Hall–Kier alpha value is -4.17. The van der Waals surface area contributed by atoms with Crippen molar-refractivity contribution in [1.82, 2.24) is 10.0 Å². The zero-order valence-electron chi connectivity index (χ0n) is 20.7. The van der Waals surface area contributed by atoms with E-state index in [0.29, 0.717) is 17.8 Å². The van der Waals surface area contributed by atoms with Gasteiger partial charge in [0, 0.05) is 18.7 Å². The molecule has 0 aliphatic carbocycles. The maximum atomic E-state index is 13.8. The van der Waals surface area contributed by atoms with Gasteiger partial charge < -0.3 is 10.2 Å². The molecule has 8 heteroatoms. The van der Waals surface area contributed by atoms with E-state index in [1.165, 1.54) is 6.07 Å². The zero-order chi connectivity index (χ0) is 26.4. The van der Waals surface area contributed by atoms with Gasteiger partial charge in [0.15, 0.2) is 0 Å². The number of urea groups is 1. The maximum Gasteiger partial charge on any atom is 0.329 e. The fourth-order valence-corrected chi connectivity index (χ4v) is 5.43. The molecule has 0 saturated carbocycles. The molecule has 1 atom stereocenters. The highest BCUT2D eigenvalue weighted by Crippen LogP contribution is 2.23. The van der Waals surface area contributed by atoms with Crippen molar-refractivity contribution in [2.75, 3.05) is 11.4 Å². The molecule has 4 rings (SSSR count). The third kappa shape index (κ3) is 6.16. The molecule has 7 nitrogen and oxygen atoms in total. The van der Waals surface area contributed by atoms with Crippen LogP contribution in [-0.2, 0) is 21.2 Å². The summed E-state index contributed by atoms with van der Waals surface area (Å²) in [5, 5.41) is 4.65. The number of amides is 3. The van der Waals surface area contributed by atoms with Crippen LogP contribution < -0.4 is 14.9 Å². The van der Waals surface area contributed by atoms with Crippen LogP contribution in [0.5, 0.6) is 0 Å². The van der Waals surface area contributed by atoms with Crippen molar-refractivity contribution < 1.29 is 18.0 Å². The van der Waals surface area contributed by atoms with Gasteiger partial charge in [-0.25, -0.2) is 17.9 Å². The minimum atomic E-state index is -4.12.